The summed E-state index contributed by atoms with van der Waals surface area (Å²) in [6.45, 7) is 14.5. The summed E-state index contributed by atoms with van der Waals surface area (Å²) in [4.78, 5) is 17.2. The summed E-state index contributed by atoms with van der Waals surface area (Å²) in [6, 6.07) is 8.58. The molecule has 0 bridgehead atoms. The molecule has 4 aliphatic heterocycles. The number of hydrogen-bond acceptors (Lipinski definition) is 9. The first kappa shape index (κ1) is 24.9. The maximum Gasteiger partial charge on any atom is 0.228 e. The standard InChI is InChI=1S/C29H37N7O2/c1-22(31-9-11-34-12-16-37-17-13-34)23-4-2-5-24(20-23)27-26-7-10-36(25-6-3-8-30-21-25)28(26)33-29(32-27)35-14-18-38-19-15-35/h2-6,20-21,30-31H,1,7-19H2. The fourth-order valence-corrected chi connectivity index (χ4v) is 5.41. The Balaban J connectivity index is 1.27. The molecule has 1 aromatic heterocycles. The maximum absolute atomic E-state index is 5.60. The number of fused-ring (bicyclic) bond motifs is 1. The van der Waals surface area contributed by atoms with Crippen LogP contribution in [-0.2, 0) is 15.9 Å². The Labute approximate surface area is 224 Å². The van der Waals surface area contributed by atoms with E-state index in [1.165, 1.54) is 5.56 Å². The van der Waals surface area contributed by atoms with E-state index in [0.29, 0.717) is 13.2 Å². The normalized spacial score (nSPS) is 19.6. The summed E-state index contributed by atoms with van der Waals surface area (Å²) in [7, 11) is 0. The molecule has 2 fully saturated rings. The van der Waals surface area contributed by atoms with Gasteiger partial charge in [-0.25, -0.2) is 4.98 Å². The molecule has 0 saturated carbocycles. The third-order valence-corrected chi connectivity index (χ3v) is 7.55. The van der Waals surface area contributed by atoms with Crippen LogP contribution in [0.5, 0.6) is 0 Å². The first-order valence-corrected chi connectivity index (χ1v) is 13.7. The average Bonchev–Trinajstić information content (AvgIpc) is 3.42. The Bertz CT molecular complexity index is 1220. The first-order valence-electron chi connectivity index (χ1n) is 13.7. The molecule has 4 aliphatic rings. The zero-order valence-corrected chi connectivity index (χ0v) is 22.0. The third-order valence-electron chi connectivity index (χ3n) is 7.55. The molecule has 2 saturated heterocycles. The number of dihydropyridines is 1. The molecule has 200 valence electrons. The van der Waals surface area contributed by atoms with E-state index in [9.17, 15) is 0 Å². The number of allylic oxidation sites excluding steroid dienone is 1. The summed E-state index contributed by atoms with van der Waals surface area (Å²) < 4.78 is 11.1. The van der Waals surface area contributed by atoms with Crippen molar-refractivity contribution >= 4 is 17.5 Å². The summed E-state index contributed by atoms with van der Waals surface area (Å²) in [5.74, 6) is 1.78. The van der Waals surface area contributed by atoms with Crippen molar-refractivity contribution in [3.63, 3.8) is 0 Å². The molecule has 0 amide bonds. The molecule has 38 heavy (non-hydrogen) atoms. The smallest absolute Gasteiger partial charge is 0.228 e. The van der Waals surface area contributed by atoms with Gasteiger partial charge in [0.1, 0.15) is 5.82 Å². The zero-order valence-electron chi connectivity index (χ0n) is 22.0. The van der Waals surface area contributed by atoms with E-state index in [-0.39, 0.29) is 0 Å². The molecule has 0 aliphatic carbocycles. The van der Waals surface area contributed by atoms with Gasteiger partial charge in [0.15, 0.2) is 0 Å². The average molecular weight is 516 g/mol. The lowest BCUT2D eigenvalue weighted by Crippen LogP contribution is -2.40. The predicted octanol–water partition coefficient (Wildman–Crippen LogP) is 2.24. The number of nitrogens with zero attached hydrogens (tertiary/aromatic N) is 5. The van der Waals surface area contributed by atoms with Crippen molar-refractivity contribution in [2.24, 2.45) is 0 Å². The Kier molecular flexibility index (Phi) is 7.57. The second kappa shape index (κ2) is 11.6. The van der Waals surface area contributed by atoms with Crippen LogP contribution in [0.3, 0.4) is 0 Å². The minimum atomic E-state index is 0.697. The van der Waals surface area contributed by atoms with E-state index in [2.05, 4.69) is 74.5 Å². The van der Waals surface area contributed by atoms with Crippen LogP contribution in [0, 0.1) is 0 Å². The van der Waals surface area contributed by atoms with E-state index in [4.69, 9.17) is 19.4 Å². The van der Waals surface area contributed by atoms with Crippen molar-refractivity contribution in [2.75, 3.05) is 88.6 Å². The van der Waals surface area contributed by atoms with Crippen LogP contribution < -0.4 is 20.4 Å². The van der Waals surface area contributed by atoms with Crippen LogP contribution in [0.1, 0.15) is 11.1 Å². The SMILES string of the molecule is C=C(NCCN1CCOCC1)c1cccc(-c2nc(N3CCOCC3)nc3c2CCN3C2=CNCC=C2)c1. The van der Waals surface area contributed by atoms with Gasteiger partial charge < -0.3 is 29.9 Å². The Hall–Kier alpha value is -3.40. The van der Waals surface area contributed by atoms with E-state index >= 15 is 0 Å². The van der Waals surface area contributed by atoms with Gasteiger partial charge in [-0.3, -0.25) is 4.90 Å². The summed E-state index contributed by atoms with van der Waals surface area (Å²) in [5.41, 5.74) is 6.46. The molecule has 9 heteroatoms. The number of nitrogens with one attached hydrogen (secondary N) is 2. The molecule has 9 nitrogen and oxygen atoms in total. The highest BCUT2D eigenvalue weighted by Crippen LogP contribution is 2.38. The highest BCUT2D eigenvalue weighted by molar-refractivity contribution is 5.77. The Morgan fingerprint density at radius 2 is 1.84 bits per heavy atom. The summed E-state index contributed by atoms with van der Waals surface area (Å²) in [6.07, 6.45) is 7.31. The fraction of sp³-hybridized carbons (Fsp3) is 0.448. The van der Waals surface area contributed by atoms with Crippen molar-refractivity contribution in [1.29, 1.82) is 0 Å². The monoisotopic (exact) mass is 515 g/mol. The third kappa shape index (κ3) is 5.41. The molecule has 0 spiro atoms. The number of ether oxygens (including phenoxy) is 2. The van der Waals surface area contributed by atoms with Gasteiger partial charge >= 0.3 is 0 Å². The number of morpholine rings is 2. The molecule has 0 radical (unpaired) electrons. The van der Waals surface area contributed by atoms with Crippen molar-refractivity contribution in [1.82, 2.24) is 25.5 Å². The van der Waals surface area contributed by atoms with Crippen LogP contribution in [-0.4, -0.2) is 93.7 Å². The fourth-order valence-electron chi connectivity index (χ4n) is 5.41. The second-order valence-corrected chi connectivity index (χ2v) is 10.00. The van der Waals surface area contributed by atoms with Crippen LogP contribution >= 0.6 is 0 Å². The van der Waals surface area contributed by atoms with Gasteiger partial charge in [-0.1, -0.05) is 30.9 Å². The van der Waals surface area contributed by atoms with Crippen LogP contribution in [0.4, 0.5) is 11.8 Å². The molecular formula is C29H37N7O2. The highest BCUT2D eigenvalue weighted by Gasteiger charge is 2.30. The van der Waals surface area contributed by atoms with E-state index in [0.717, 1.165) is 112 Å². The van der Waals surface area contributed by atoms with Crippen LogP contribution in [0.15, 0.2) is 54.9 Å². The highest BCUT2D eigenvalue weighted by atomic mass is 16.5. The van der Waals surface area contributed by atoms with Gasteiger partial charge in [-0.05, 0) is 24.1 Å². The molecule has 1 aromatic carbocycles. The number of aromatic nitrogens is 2. The van der Waals surface area contributed by atoms with E-state index in [1.807, 2.05) is 0 Å². The topological polar surface area (TPSA) is 78.0 Å². The Morgan fingerprint density at radius 3 is 2.63 bits per heavy atom. The van der Waals surface area contributed by atoms with E-state index in [1.54, 1.807) is 0 Å². The molecular weight excluding hydrogens is 478 g/mol. The Morgan fingerprint density at radius 1 is 1.03 bits per heavy atom. The second-order valence-electron chi connectivity index (χ2n) is 10.00. The minimum Gasteiger partial charge on any atom is -0.386 e. The predicted molar refractivity (Wildman–Crippen MR) is 151 cm³/mol. The molecule has 0 unspecified atom stereocenters. The molecule has 0 atom stereocenters. The van der Waals surface area contributed by atoms with Crippen molar-refractivity contribution in [3.8, 4) is 11.3 Å². The number of hydrogen-bond donors (Lipinski definition) is 2. The minimum absolute atomic E-state index is 0.697. The summed E-state index contributed by atoms with van der Waals surface area (Å²) >= 11 is 0. The number of rotatable bonds is 8. The van der Waals surface area contributed by atoms with Crippen molar-refractivity contribution < 1.29 is 9.47 Å². The number of benzene rings is 1. The van der Waals surface area contributed by atoms with Gasteiger partial charge in [0.25, 0.3) is 0 Å². The lowest BCUT2D eigenvalue weighted by atomic mass is 10.0. The van der Waals surface area contributed by atoms with Gasteiger partial charge in [0.2, 0.25) is 5.95 Å². The zero-order chi connectivity index (χ0) is 25.7. The van der Waals surface area contributed by atoms with Gasteiger partial charge in [0.05, 0.1) is 37.8 Å². The largest absolute Gasteiger partial charge is 0.386 e. The maximum atomic E-state index is 5.60. The molecule has 5 heterocycles. The quantitative estimate of drug-likeness (QED) is 0.550. The van der Waals surface area contributed by atoms with Crippen molar-refractivity contribution in [3.05, 3.63) is 66.0 Å². The molecule has 6 rings (SSSR count). The van der Waals surface area contributed by atoms with Gasteiger partial charge in [0, 0.05) is 75.4 Å². The lowest BCUT2D eigenvalue weighted by Gasteiger charge is -2.29. The van der Waals surface area contributed by atoms with E-state index < -0.39 is 0 Å². The van der Waals surface area contributed by atoms with Crippen LogP contribution in [0.2, 0.25) is 0 Å². The van der Waals surface area contributed by atoms with Gasteiger partial charge in [-0.15, -0.1) is 0 Å². The molecule has 2 aromatic rings. The first-order chi connectivity index (χ1) is 18.8. The molecule has 2 N–H and O–H groups in total. The summed E-state index contributed by atoms with van der Waals surface area (Å²) in [5, 5.41) is 6.87. The van der Waals surface area contributed by atoms with Crippen LogP contribution in [0.25, 0.3) is 17.0 Å². The number of anilines is 2. The lowest BCUT2D eigenvalue weighted by molar-refractivity contribution is 0.0388. The van der Waals surface area contributed by atoms with Crippen molar-refractivity contribution in [2.45, 2.75) is 6.42 Å². The van der Waals surface area contributed by atoms with Gasteiger partial charge in [-0.2, -0.15) is 4.98 Å².